The Morgan fingerprint density at radius 1 is 0.889 bits per heavy atom. The fourth-order valence-corrected chi connectivity index (χ4v) is 7.50. The molecule has 1 aliphatic carbocycles. The van der Waals surface area contributed by atoms with Gasteiger partial charge in [-0.2, -0.15) is 4.57 Å². The summed E-state index contributed by atoms with van der Waals surface area (Å²) in [6.07, 6.45) is 6.66. The number of aryl methyl sites for hydroxylation is 2. The minimum Gasteiger partial charge on any atom is -0.455 e. The zero-order chi connectivity index (χ0) is 25.2. The van der Waals surface area contributed by atoms with Crippen LogP contribution in [0.1, 0.15) is 42.4 Å². The number of furan rings is 1. The Morgan fingerprint density at radius 3 is 2.39 bits per heavy atom. The van der Waals surface area contributed by atoms with Crippen LogP contribution in [0.25, 0.3) is 44.1 Å². The van der Waals surface area contributed by atoms with Crippen molar-refractivity contribution in [3.8, 4) is 11.3 Å². The van der Waals surface area contributed by atoms with Gasteiger partial charge in [0.2, 0.25) is 11.2 Å². The van der Waals surface area contributed by atoms with Crippen LogP contribution in [0.2, 0.25) is 19.6 Å². The van der Waals surface area contributed by atoms with Gasteiger partial charge in [0.1, 0.15) is 18.2 Å². The number of benzene rings is 3. The molecule has 36 heavy (non-hydrogen) atoms. The van der Waals surface area contributed by atoms with Crippen molar-refractivity contribution < 1.29 is 8.98 Å². The fraction of sp³-hybridized carbons (Fsp3) is 0.364. The van der Waals surface area contributed by atoms with Crippen molar-refractivity contribution >= 4 is 46.1 Å². The van der Waals surface area contributed by atoms with E-state index in [2.05, 4.69) is 99.7 Å². The number of para-hydroxylation sites is 1. The van der Waals surface area contributed by atoms with Crippen molar-refractivity contribution in [3.05, 3.63) is 71.3 Å². The number of hydrogen-bond acceptors (Lipinski definition) is 1. The van der Waals surface area contributed by atoms with E-state index >= 15 is 0 Å². The zero-order valence-corrected chi connectivity index (χ0v) is 23.7. The van der Waals surface area contributed by atoms with Crippen LogP contribution >= 0.6 is 0 Å². The van der Waals surface area contributed by atoms with Crippen LogP contribution in [-0.4, -0.2) is 8.07 Å². The van der Waals surface area contributed by atoms with Crippen molar-refractivity contribution in [3.63, 3.8) is 0 Å². The maximum Gasteiger partial charge on any atom is 0.217 e. The van der Waals surface area contributed by atoms with Crippen molar-refractivity contribution in [2.24, 2.45) is 13.0 Å². The van der Waals surface area contributed by atoms with Crippen LogP contribution in [-0.2, 0) is 13.5 Å². The Bertz CT molecular complexity index is 1630. The summed E-state index contributed by atoms with van der Waals surface area (Å²) in [7, 11) is 0.810. The molecule has 2 aromatic heterocycles. The average Bonchev–Trinajstić information content (AvgIpc) is 3.49. The Labute approximate surface area is 216 Å². The minimum absolute atomic E-state index is 0.801. The highest BCUT2D eigenvalue weighted by molar-refractivity contribution is 6.88. The molecule has 0 bridgehead atoms. The lowest BCUT2D eigenvalue weighted by Crippen LogP contribution is -2.40. The molecule has 0 saturated heterocycles. The minimum atomic E-state index is -1.44. The zero-order valence-electron chi connectivity index (χ0n) is 22.7. The van der Waals surface area contributed by atoms with Crippen LogP contribution in [0.5, 0.6) is 0 Å². The van der Waals surface area contributed by atoms with E-state index in [0.717, 1.165) is 17.1 Å². The molecule has 0 aliphatic heterocycles. The van der Waals surface area contributed by atoms with Gasteiger partial charge in [0.05, 0.1) is 13.6 Å². The van der Waals surface area contributed by atoms with E-state index in [-0.39, 0.29) is 0 Å². The first-order valence-corrected chi connectivity index (χ1v) is 17.1. The number of rotatable bonds is 4. The predicted octanol–water partition coefficient (Wildman–Crippen LogP) is 8.13. The molecule has 0 spiro atoms. The van der Waals surface area contributed by atoms with Crippen molar-refractivity contribution in [1.29, 1.82) is 0 Å². The van der Waals surface area contributed by atoms with Gasteiger partial charge in [-0.25, -0.2) is 0 Å². The molecule has 2 heterocycles. The lowest BCUT2D eigenvalue weighted by molar-refractivity contribution is -0.633. The van der Waals surface area contributed by atoms with E-state index in [1.54, 1.807) is 0 Å². The van der Waals surface area contributed by atoms with Crippen molar-refractivity contribution in [2.75, 3.05) is 0 Å². The van der Waals surface area contributed by atoms with Crippen LogP contribution < -0.4 is 9.75 Å². The largest absolute Gasteiger partial charge is 0.455 e. The molecule has 0 unspecified atom stereocenters. The molecule has 3 aromatic carbocycles. The van der Waals surface area contributed by atoms with Crippen LogP contribution in [0.15, 0.2) is 59.0 Å². The molecule has 1 fully saturated rings. The summed E-state index contributed by atoms with van der Waals surface area (Å²) in [6, 6.07) is 20.6. The number of nitrogens with zero attached hydrogens (tertiary/aromatic N) is 1. The van der Waals surface area contributed by atoms with Crippen LogP contribution in [0, 0.1) is 19.8 Å². The Hall–Kier alpha value is -2.91. The topological polar surface area (TPSA) is 17.0 Å². The molecule has 3 heteroatoms. The predicted molar refractivity (Wildman–Crippen MR) is 156 cm³/mol. The third-order valence-electron chi connectivity index (χ3n) is 8.67. The fourth-order valence-electron chi connectivity index (χ4n) is 6.35. The van der Waals surface area contributed by atoms with Gasteiger partial charge < -0.3 is 4.42 Å². The highest BCUT2D eigenvalue weighted by Gasteiger charge is 2.28. The van der Waals surface area contributed by atoms with Gasteiger partial charge >= 0.3 is 0 Å². The number of fused-ring (bicyclic) bond motifs is 4. The van der Waals surface area contributed by atoms with Gasteiger partial charge in [0.15, 0.2) is 0 Å². The van der Waals surface area contributed by atoms with Crippen LogP contribution in [0.3, 0.4) is 0 Å². The first kappa shape index (κ1) is 23.5. The summed E-state index contributed by atoms with van der Waals surface area (Å²) < 4.78 is 9.02. The Kier molecular flexibility index (Phi) is 5.60. The molecule has 6 rings (SSSR count). The van der Waals surface area contributed by atoms with Gasteiger partial charge in [0, 0.05) is 28.3 Å². The summed E-state index contributed by atoms with van der Waals surface area (Å²) in [4.78, 5) is 0. The van der Waals surface area contributed by atoms with Gasteiger partial charge in [-0.05, 0) is 61.1 Å². The normalized spacial score (nSPS) is 15.1. The number of aromatic nitrogens is 1. The summed E-state index contributed by atoms with van der Waals surface area (Å²) in [5.41, 5.74) is 9.98. The van der Waals surface area contributed by atoms with E-state index in [1.165, 1.54) is 86.9 Å². The molecule has 5 aromatic rings. The SMILES string of the molecule is Cc1cc2c(oc3ccccc32)c(-c2cc(CC3CCCC3)c3ccc([Si](C)(C)C)cc3[n+]2C)c1C. The lowest BCUT2D eigenvalue weighted by Gasteiger charge is -2.19. The smallest absolute Gasteiger partial charge is 0.217 e. The second-order valence-electron chi connectivity index (χ2n) is 12.1. The summed E-state index contributed by atoms with van der Waals surface area (Å²) >= 11 is 0. The lowest BCUT2D eigenvalue weighted by atomic mass is 9.91. The first-order valence-electron chi connectivity index (χ1n) is 13.6. The summed E-state index contributed by atoms with van der Waals surface area (Å²) in [5, 5.41) is 5.36. The van der Waals surface area contributed by atoms with E-state index in [4.69, 9.17) is 4.42 Å². The molecule has 0 atom stereocenters. The maximum atomic E-state index is 6.59. The molecule has 184 valence electrons. The Balaban J connectivity index is 1.69. The average molecular weight is 493 g/mol. The molecule has 1 saturated carbocycles. The van der Waals surface area contributed by atoms with E-state index in [9.17, 15) is 0 Å². The second-order valence-corrected chi connectivity index (χ2v) is 17.2. The quantitative estimate of drug-likeness (QED) is 0.183. The highest BCUT2D eigenvalue weighted by Crippen LogP contribution is 2.40. The van der Waals surface area contributed by atoms with Crippen molar-refractivity contribution in [2.45, 2.75) is 65.6 Å². The van der Waals surface area contributed by atoms with E-state index < -0.39 is 8.07 Å². The first-order chi connectivity index (χ1) is 17.2. The van der Waals surface area contributed by atoms with E-state index in [1.807, 2.05) is 0 Å². The molecular formula is C33H38NOSi+. The van der Waals surface area contributed by atoms with Crippen LogP contribution in [0.4, 0.5) is 0 Å². The summed E-state index contributed by atoms with van der Waals surface area (Å²) in [6.45, 7) is 11.8. The number of pyridine rings is 1. The maximum absolute atomic E-state index is 6.59. The molecule has 2 nitrogen and oxygen atoms in total. The van der Waals surface area contributed by atoms with Crippen molar-refractivity contribution in [1.82, 2.24) is 0 Å². The van der Waals surface area contributed by atoms with Gasteiger partial charge in [-0.3, -0.25) is 0 Å². The molecule has 1 aliphatic rings. The Morgan fingerprint density at radius 2 is 1.64 bits per heavy atom. The standard InChI is InChI=1S/C33H38NOSi/c1-21-17-28-27-13-9-10-14-31(27)35-33(28)32(22(21)2)30-19-24(18-23-11-7-8-12-23)26-16-15-25(36(4,5)6)20-29(26)34(30)3/h9-10,13-17,19-20,23H,7-8,11-12,18H2,1-6H3/q+1. The highest BCUT2D eigenvalue weighted by atomic mass is 28.3. The third-order valence-corrected chi connectivity index (χ3v) is 10.7. The molecule has 0 N–H and O–H groups in total. The monoisotopic (exact) mass is 492 g/mol. The molecular weight excluding hydrogens is 454 g/mol. The third kappa shape index (κ3) is 3.80. The van der Waals surface area contributed by atoms with E-state index in [0.29, 0.717) is 0 Å². The number of hydrogen-bond donors (Lipinski definition) is 0. The molecule has 0 radical (unpaired) electrons. The second kappa shape index (κ2) is 8.59. The van der Waals surface area contributed by atoms with Gasteiger partial charge in [0.25, 0.3) is 0 Å². The summed E-state index contributed by atoms with van der Waals surface area (Å²) in [5.74, 6) is 0.801. The van der Waals surface area contributed by atoms with Gasteiger partial charge in [-0.1, -0.05) is 74.8 Å². The van der Waals surface area contributed by atoms with Gasteiger partial charge in [-0.15, -0.1) is 0 Å². The molecule has 0 amide bonds.